The van der Waals surface area contributed by atoms with Gasteiger partial charge in [-0.15, -0.1) is 0 Å². The molecule has 1 aromatic rings. The fourth-order valence-corrected chi connectivity index (χ4v) is 1.21. The van der Waals surface area contributed by atoms with Gasteiger partial charge < -0.3 is 0 Å². The van der Waals surface area contributed by atoms with Crippen LogP contribution in [0, 0.1) is 0 Å². The summed E-state index contributed by atoms with van der Waals surface area (Å²) in [5.41, 5.74) is 0. The second-order valence-electron chi connectivity index (χ2n) is 4.01. The average Bonchev–Trinajstić information content (AvgIpc) is 2.22. The van der Waals surface area contributed by atoms with Gasteiger partial charge in [-0.2, -0.15) is 0 Å². The zero-order chi connectivity index (χ0) is 15.1. The first-order valence-corrected chi connectivity index (χ1v) is 7.77. The molecular formula is C10H17F6N2P. The molecule has 0 aliphatic carbocycles. The number of hydrogen-bond donors (Lipinski definition) is 0. The van der Waals surface area contributed by atoms with E-state index in [9.17, 15) is 25.2 Å². The number of aryl methyl sites for hydroxylation is 1. The van der Waals surface area contributed by atoms with Crippen molar-refractivity contribution in [1.82, 2.24) is 4.98 Å². The Balaban J connectivity index is 0.000000399. The van der Waals surface area contributed by atoms with Crippen LogP contribution >= 0.6 is 7.81 Å². The van der Waals surface area contributed by atoms with Crippen molar-refractivity contribution in [2.75, 3.05) is 0 Å². The fourth-order valence-electron chi connectivity index (χ4n) is 1.21. The van der Waals surface area contributed by atoms with E-state index in [0.29, 0.717) is 0 Å². The van der Waals surface area contributed by atoms with Crippen LogP contribution < -0.4 is 4.57 Å². The van der Waals surface area contributed by atoms with E-state index in [1.807, 2.05) is 18.6 Å². The maximum absolute atomic E-state index is 10.7. The van der Waals surface area contributed by atoms with Crippen LogP contribution in [-0.4, -0.2) is 4.98 Å². The van der Waals surface area contributed by atoms with Crippen molar-refractivity contribution in [3.63, 3.8) is 0 Å². The van der Waals surface area contributed by atoms with E-state index in [2.05, 4.69) is 22.7 Å². The predicted molar refractivity (Wildman–Crippen MR) is 62.1 cm³/mol. The molecule has 0 spiro atoms. The zero-order valence-electron chi connectivity index (χ0n) is 10.5. The third kappa shape index (κ3) is 22.7. The van der Waals surface area contributed by atoms with Crippen molar-refractivity contribution in [3.05, 3.63) is 24.8 Å². The topological polar surface area (TPSA) is 16.8 Å². The Kier molecular flexibility index (Phi) is 5.74. The van der Waals surface area contributed by atoms with Crippen LogP contribution in [0.5, 0.6) is 0 Å². The van der Waals surface area contributed by atoms with Crippen LogP contribution in [0.1, 0.15) is 32.6 Å². The molecule has 1 rings (SSSR count). The van der Waals surface area contributed by atoms with Gasteiger partial charge >= 0.3 is 33.0 Å². The van der Waals surface area contributed by atoms with E-state index in [0.717, 1.165) is 6.54 Å². The molecule has 1 heterocycles. The van der Waals surface area contributed by atoms with Gasteiger partial charge in [-0.25, -0.2) is 4.57 Å². The van der Waals surface area contributed by atoms with Crippen molar-refractivity contribution in [1.29, 1.82) is 0 Å². The Morgan fingerprint density at radius 2 is 1.58 bits per heavy atom. The molecule has 0 N–H and O–H groups in total. The number of rotatable bonds is 5. The second kappa shape index (κ2) is 6.03. The maximum atomic E-state index is 9.87. The molecule has 0 atom stereocenters. The Morgan fingerprint density at radius 1 is 1.00 bits per heavy atom. The molecule has 9 heteroatoms. The summed E-state index contributed by atoms with van der Waals surface area (Å²) in [6.45, 7) is 3.34. The summed E-state index contributed by atoms with van der Waals surface area (Å²) in [5.74, 6) is 0. The van der Waals surface area contributed by atoms with Crippen molar-refractivity contribution < 1.29 is 29.7 Å². The summed E-state index contributed by atoms with van der Waals surface area (Å²) in [6, 6.07) is 1.97. The molecule has 114 valence electrons. The Morgan fingerprint density at radius 3 is 2.00 bits per heavy atom. The molecule has 0 aromatic carbocycles. The number of halogens is 6. The van der Waals surface area contributed by atoms with Gasteiger partial charge in [0.2, 0.25) is 0 Å². The zero-order valence-corrected chi connectivity index (χ0v) is 11.3. The van der Waals surface area contributed by atoms with Gasteiger partial charge in [0.25, 0.3) is 6.33 Å². The van der Waals surface area contributed by atoms with Gasteiger partial charge in [0.1, 0.15) is 6.20 Å². The minimum absolute atomic E-state index is 1.10. The molecule has 0 amide bonds. The molecule has 0 unspecified atom stereocenters. The van der Waals surface area contributed by atoms with Crippen molar-refractivity contribution >= 4 is 7.81 Å². The number of nitrogens with zero attached hydrogens (tertiary/aromatic N) is 2. The first-order valence-electron chi connectivity index (χ1n) is 5.74. The first-order chi connectivity index (χ1) is 8.38. The average molecular weight is 310 g/mol. The fraction of sp³-hybridized carbons (Fsp3) is 0.600. The van der Waals surface area contributed by atoms with E-state index in [1.54, 1.807) is 0 Å². The molecule has 0 fully saturated rings. The summed E-state index contributed by atoms with van der Waals surface area (Å²) in [5, 5.41) is 0. The van der Waals surface area contributed by atoms with Gasteiger partial charge in [0.05, 0.1) is 12.7 Å². The van der Waals surface area contributed by atoms with Gasteiger partial charge in [-0.3, -0.25) is 0 Å². The van der Waals surface area contributed by atoms with E-state index >= 15 is 0 Å². The standard InChI is InChI=1S/C10H17N2.F6P/c1-2-3-4-5-8-12-9-6-7-11-10-12;1-7(2,3,4,5)6/h6-7,9-10H,2-5,8H2,1H3;/q+1;-1. The van der Waals surface area contributed by atoms with Crippen LogP contribution in [0.3, 0.4) is 0 Å². The summed E-state index contributed by atoms with van der Waals surface area (Å²) in [4.78, 5) is 4.05. The normalized spacial score (nSPS) is 14.9. The van der Waals surface area contributed by atoms with E-state index < -0.39 is 7.81 Å². The Bertz CT molecular complexity index is 352. The molecule has 0 aliphatic heterocycles. The molecule has 0 bridgehead atoms. The second-order valence-corrected chi connectivity index (χ2v) is 5.93. The van der Waals surface area contributed by atoms with Crippen molar-refractivity contribution in [3.8, 4) is 0 Å². The molecule has 2 nitrogen and oxygen atoms in total. The van der Waals surface area contributed by atoms with E-state index in [1.165, 1.54) is 25.7 Å². The predicted octanol–water partition coefficient (Wildman–Crippen LogP) is 5.33. The van der Waals surface area contributed by atoms with E-state index in [4.69, 9.17) is 0 Å². The molecular weight excluding hydrogens is 293 g/mol. The Labute approximate surface area is 107 Å². The SMILES string of the molecule is CCCCCC[n+]1cccnc1.F[P-](F)(F)(F)(F)F. The Hall–Kier alpha value is -0.910. The van der Waals surface area contributed by atoms with Crippen LogP contribution in [0.25, 0.3) is 0 Å². The minimum atomic E-state index is -10.7. The van der Waals surface area contributed by atoms with Gasteiger partial charge in [0.15, 0.2) is 0 Å². The van der Waals surface area contributed by atoms with Gasteiger partial charge in [-0.05, 0) is 12.8 Å². The van der Waals surface area contributed by atoms with Crippen LogP contribution in [-0.2, 0) is 6.54 Å². The summed E-state index contributed by atoms with van der Waals surface area (Å²) in [6.07, 6.45) is 11.0. The molecule has 0 saturated heterocycles. The third-order valence-electron chi connectivity index (χ3n) is 1.93. The van der Waals surface area contributed by atoms with Crippen molar-refractivity contribution in [2.24, 2.45) is 0 Å². The molecule has 0 saturated carbocycles. The summed E-state index contributed by atoms with van der Waals surface area (Å²) >= 11 is 0. The summed E-state index contributed by atoms with van der Waals surface area (Å²) < 4.78 is 61.3. The molecule has 1 aromatic heterocycles. The van der Waals surface area contributed by atoms with Crippen LogP contribution in [0.15, 0.2) is 24.8 Å². The molecule has 0 radical (unpaired) electrons. The number of unbranched alkanes of at least 4 members (excludes halogenated alkanes) is 3. The number of aromatic nitrogens is 2. The first kappa shape index (κ1) is 18.1. The van der Waals surface area contributed by atoms with Crippen LogP contribution in [0.4, 0.5) is 25.2 Å². The van der Waals surface area contributed by atoms with Crippen LogP contribution in [0.2, 0.25) is 0 Å². The van der Waals surface area contributed by atoms with Gasteiger partial charge in [-0.1, -0.05) is 24.7 Å². The summed E-state index contributed by atoms with van der Waals surface area (Å²) in [7, 11) is -10.7. The third-order valence-corrected chi connectivity index (χ3v) is 1.93. The monoisotopic (exact) mass is 310 g/mol. The quantitative estimate of drug-likeness (QED) is 0.311. The molecule has 19 heavy (non-hydrogen) atoms. The number of hydrogen-bond acceptors (Lipinski definition) is 1. The van der Waals surface area contributed by atoms with Gasteiger partial charge in [0, 0.05) is 6.07 Å². The van der Waals surface area contributed by atoms with E-state index in [-0.39, 0.29) is 0 Å². The molecule has 0 aliphatic rings. The van der Waals surface area contributed by atoms with Crippen molar-refractivity contribution in [2.45, 2.75) is 39.2 Å².